The maximum atomic E-state index is 9.10. The Kier molecular flexibility index (Phi) is 8.64. The quantitative estimate of drug-likeness (QED) is 0.378. The van der Waals surface area contributed by atoms with Gasteiger partial charge in [0, 0.05) is 18.7 Å². The molecule has 0 spiro atoms. The summed E-state index contributed by atoms with van der Waals surface area (Å²) in [6.45, 7) is 6.23. The van der Waals surface area contributed by atoms with Gasteiger partial charge >= 0.3 is 11.9 Å². The van der Waals surface area contributed by atoms with Gasteiger partial charge in [0.1, 0.15) is 5.82 Å². The predicted molar refractivity (Wildman–Crippen MR) is 141 cm³/mol. The number of carbonyl (C=O) groups is 2. The zero-order chi connectivity index (χ0) is 26.2. The molecule has 4 aromatic rings. The van der Waals surface area contributed by atoms with Gasteiger partial charge in [-0.25, -0.2) is 14.6 Å². The minimum absolute atomic E-state index is 0.688. The van der Waals surface area contributed by atoms with Gasteiger partial charge in [-0.3, -0.25) is 9.88 Å². The number of imidazole rings is 1. The number of aryl methyl sites for hydroxylation is 1. The molecule has 0 bridgehead atoms. The minimum Gasteiger partial charge on any atom is -0.473 e. The van der Waals surface area contributed by atoms with Crippen LogP contribution in [0.15, 0.2) is 72.8 Å². The molecule has 3 heterocycles. The lowest BCUT2D eigenvalue weighted by molar-refractivity contribution is -0.159. The third-order valence-corrected chi connectivity index (χ3v) is 6.61. The van der Waals surface area contributed by atoms with Gasteiger partial charge in [-0.1, -0.05) is 48.5 Å². The van der Waals surface area contributed by atoms with E-state index in [1.165, 1.54) is 42.8 Å². The number of carboxylic acid groups (broad SMARTS) is 2. The Morgan fingerprint density at radius 3 is 2.19 bits per heavy atom. The SMILES string of the molecule is Cc1cccc(Cn2c(CC3CCN(Cc4ccccc4)CC3)nc3ccccc32)n1.O=C(O)C(=O)O. The predicted octanol–water partition coefficient (Wildman–Crippen LogP) is 4.40. The molecule has 2 N–H and O–H groups in total. The lowest BCUT2D eigenvalue weighted by Gasteiger charge is -2.32. The summed E-state index contributed by atoms with van der Waals surface area (Å²) in [7, 11) is 0. The number of nitrogens with zero attached hydrogens (tertiary/aromatic N) is 4. The smallest absolute Gasteiger partial charge is 0.414 e. The number of carboxylic acids is 2. The zero-order valence-corrected chi connectivity index (χ0v) is 21.0. The largest absolute Gasteiger partial charge is 0.473 e. The van der Waals surface area contributed by atoms with Gasteiger partial charge in [-0.15, -0.1) is 0 Å². The third kappa shape index (κ3) is 7.24. The van der Waals surface area contributed by atoms with E-state index < -0.39 is 11.9 Å². The topological polar surface area (TPSA) is 109 Å². The molecule has 0 aliphatic carbocycles. The van der Waals surface area contributed by atoms with Crippen molar-refractivity contribution in [3.05, 3.63) is 95.6 Å². The van der Waals surface area contributed by atoms with Crippen molar-refractivity contribution in [2.45, 2.75) is 39.3 Å². The van der Waals surface area contributed by atoms with Crippen LogP contribution in [0.2, 0.25) is 0 Å². The number of benzene rings is 2. The molecule has 2 aromatic heterocycles. The Morgan fingerprint density at radius 1 is 0.838 bits per heavy atom. The van der Waals surface area contributed by atoms with Crippen LogP contribution in [0.4, 0.5) is 0 Å². The minimum atomic E-state index is -1.82. The molecule has 1 aliphatic heterocycles. The normalized spacial score (nSPS) is 14.2. The van der Waals surface area contributed by atoms with E-state index in [1.54, 1.807) is 0 Å². The van der Waals surface area contributed by atoms with Gasteiger partial charge in [0.05, 0.1) is 23.3 Å². The first-order valence-corrected chi connectivity index (χ1v) is 12.5. The molecule has 0 atom stereocenters. The van der Waals surface area contributed by atoms with Gasteiger partial charge in [-0.2, -0.15) is 0 Å². The van der Waals surface area contributed by atoms with Crippen molar-refractivity contribution in [1.29, 1.82) is 0 Å². The second kappa shape index (κ2) is 12.3. The molecule has 0 amide bonds. The van der Waals surface area contributed by atoms with Crippen LogP contribution < -0.4 is 0 Å². The van der Waals surface area contributed by atoms with E-state index in [4.69, 9.17) is 29.8 Å². The fourth-order valence-corrected chi connectivity index (χ4v) is 4.76. The molecule has 192 valence electrons. The van der Waals surface area contributed by atoms with Crippen LogP contribution in [0.3, 0.4) is 0 Å². The van der Waals surface area contributed by atoms with E-state index in [-0.39, 0.29) is 0 Å². The molecule has 1 fully saturated rings. The van der Waals surface area contributed by atoms with Crippen LogP contribution in [0.5, 0.6) is 0 Å². The van der Waals surface area contributed by atoms with E-state index in [0.717, 1.165) is 36.4 Å². The van der Waals surface area contributed by atoms with Crippen LogP contribution >= 0.6 is 0 Å². The molecule has 1 saturated heterocycles. The van der Waals surface area contributed by atoms with Crippen LogP contribution in [0.1, 0.15) is 35.6 Å². The average Bonchev–Trinajstić information content (AvgIpc) is 3.23. The van der Waals surface area contributed by atoms with Crippen molar-refractivity contribution in [3.8, 4) is 0 Å². The van der Waals surface area contributed by atoms with Crippen molar-refractivity contribution in [1.82, 2.24) is 19.4 Å². The fourth-order valence-electron chi connectivity index (χ4n) is 4.76. The highest BCUT2D eigenvalue weighted by Gasteiger charge is 2.22. The maximum absolute atomic E-state index is 9.10. The highest BCUT2D eigenvalue weighted by Crippen LogP contribution is 2.25. The summed E-state index contributed by atoms with van der Waals surface area (Å²) in [5.41, 5.74) is 5.87. The van der Waals surface area contributed by atoms with Crippen molar-refractivity contribution >= 4 is 23.0 Å². The van der Waals surface area contributed by atoms with E-state index >= 15 is 0 Å². The highest BCUT2D eigenvalue weighted by atomic mass is 16.4. The van der Waals surface area contributed by atoms with Crippen molar-refractivity contribution in [2.75, 3.05) is 13.1 Å². The molecule has 37 heavy (non-hydrogen) atoms. The van der Waals surface area contributed by atoms with Gasteiger partial charge in [0.15, 0.2) is 0 Å². The molecule has 8 heteroatoms. The van der Waals surface area contributed by atoms with Gasteiger partial charge < -0.3 is 14.8 Å². The molecule has 8 nitrogen and oxygen atoms in total. The maximum Gasteiger partial charge on any atom is 0.414 e. The molecule has 2 aromatic carbocycles. The van der Waals surface area contributed by atoms with Crippen molar-refractivity contribution in [2.24, 2.45) is 5.92 Å². The van der Waals surface area contributed by atoms with Gasteiger partial charge in [-0.05, 0) is 68.6 Å². The molecule has 1 aliphatic rings. The lowest BCUT2D eigenvalue weighted by Crippen LogP contribution is -2.34. The second-order valence-electron chi connectivity index (χ2n) is 9.39. The number of rotatable bonds is 6. The lowest BCUT2D eigenvalue weighted by atomic mass is 9.93. The summed E-state index contributed by atoms with van der Waals surface area (Å²) in [4.78, 5) is 30.6. The Bertz CT molecular complexity index is 1330. The number of aliphatic carboxylic acids is 2. The molecule has 0 unspecified atom stereocenters. The number of aromatic nitrogens is 3. The molecule has 5 rings (SSSR count). The number of para-hydroxylation sites is 2. The number of fused-ring (bicyclic) bond motifs is 1. The number of hydrogen-bond donors (Lipinski definition) is 2. The van der Waals surface area contributed by atoms with Crippen LogP contribution in [0, 0.1) is 12.8 Å². The summed E-state index contributed by atoms with van der Waals surface area (Å²) in [6, 6.07) is 25.6. The third-order valence-electron chi connectivity index (χ3n) is 6.61. The number of hydrogen-bond acceptors (Lipinski definition) is 5. The summed E-state index contributed by atoms with van der Waals surface area (Å²) < 4.78 is 2.38. The zero-order valence-electron chi connectivity index (χ0n) is 21.0. The molecule has 0 saturated carbocycles. The van der Waals surface area contributed by atoms with Crippen LogP contribution in [-0.4, -0.2) is 54.7 Å². The molecular formula is C29H32N4O4. The number of likely N-dealkylation sites (tertiary alicyclic amines) is 1. The first-order chi connectivity index (χ1) is 17.9. The summed E-state index contributed by atoms with van der Waals surface area (Å²) in [5, 5.41) is 14.8. The summed E-state index contributed by atoms with van der Waals surface area (Å²) in [5.74, 6) is -1.76. The number of pyridine rings is 1. The first-order valence-electron chi connectivity index (χ1n) is 12.5. The van der Waals surface area contributed by atoms with Crippen molar-refractivity contribution < 1.29 is 19.8 Å². The van der Waals surface area contributed by atoms with Gasteiger partial charge in [0.2, 0.25) is 0 Å². The van der Waals surface area contributed by atoms with E-state index in [9.17, 15) is 0 Å². The average molecular weight is 501 g/mol. The monoisotopic (exact) mass is 500 g/mol. The summed E-state index contributed by atoms with van der Waals surface area (Å²) >= 11 is 0. The standard InChI is InChI=1S/C27H30N4.C2H2O4/c1-21-8-7-11-24(28-21)20-31-26-13-6-5-12-25(26)29-27(31)18-22-14-16-30(17-15-22)19-23-9-3-2-4-10-23;3-1(4)2(5)6/h2-13,22H,14-20H2,1H3;(H,3,4)(H,5,6). The van der Waals surface area contributed by atoms with Crippen LogP contribution in [0.25, 0.3) is 11.0 Å². The molecular weight excluding hydrogens is 468 g/mol. The first kappa shape index (κ1) is 26.0. The van der Waals surface area contributed by atoms with Crippen molar-refractivity contribution in [3.63, 3.8) is 0 Å². The fraction of sp³-hybridized carbons (Fsp3) is 0.310. The second-order valence-corrected chi connectivity index (χ2v) is 9.39. The Balaban J connectivity index is 0.000000480. The van der Waals surface area contributed by atoms with Gasteiger partial charge in [0.25, 0.3) is 0 Å². The molecule has 0 radical (unpaired) electrons. The number of piperidine rings is 1. The van der Waals surface area contributed by atoms with E-state index in [0.29, 0.717) is 5.92 Å². The van der Waals surface area contributed by atoms with E-state index in [2.05, 4.69) is 89.2 Å². The Hall–Kier alpha value is -4.04. The Morgan fingerprint density at radius 2 is 1.51 bits per heavy atom. The van der Waals surface area contributed by atoms with E-state index in [1.807, 2.05) is 0 Å². The summed E-state index contributed by atoms with van der Waals surface area (Å²) in [6.07, 6.45) is 3.51. The Labute approximate surface area is 216 Å². The van der Waals surface area contributed by atoms with Crippen LogP contribution in [-0.2, 0) is 29.1 Å². The highest BCUT2D eigenvalue weighted by molar-refractivity contribution is 6.27.